The van der Waals surface area contributed by atoms with Gasteiger partial charge in [0.05, 0.1) is 0 Å². The van der Waals surface area contributed by atoms with Crippen molar-refractivity contribution in [2.24, 2.45) is 10.2 Å². The molecule has 8 rings (SSSR count). The number of aromatic nitrogens is 8. The predicted molar refractivity (Wildman–Crippen MR) is 169 cm³/mol. The van der Waals surface area contributed by atoms with E-state index in [4.69, 9.17) is 0 Å². The Hall–Kier alpha value is -6.78. The number of hydrazone groups is 2. The Kier molecular flexibility index (Phi) is 6.83. The number of hydrazine groups is 4. The van der Waals surface area contributed by atoms with E-state index in [2.05, 4.69) is 133 Å². The number of amidine groups is 2. The first-order valence-corrected chi connectivity index (χ1v) is 14.1. The van der Waals surface area contributed by atoms with Crippen molar-refractivity contribution >= 4 is 22.8 Å². The molecule has 16 heteroatoms. The van der Waals surface area contributed by atoms with Crippen LogP contribution in [0.1, 0.15) is 33.4 Å². The summed E-state index contributed by atoms with van der Waals surface area (Å²) in [6, 6.07) is 32.9. The summed E-state index contributed by atoms with van der Waals surface area (Å²) in [5.74, 6) is 2.58. The molecule has 2 aromatic heterocycles. The minimum atomic E-state index is 0.592. The zero-order valence-electron chi connectivity index (χ0n) is 23.8. The lowest BCUT2D eigenvalue weighted by Gasteiger charge is -2.19. The fourth-order valence-corrected chi connectivity index (χ4v) is 5.32. The van der Waals surface area contributed by atoms with Crippen molar-refractivity contribution in [3.63, 3.8) is 0 Å². The van der Waals surface area contributed by atoms with E-state index in [0.717, 1.165) is 55.7 Å². The number of H-pyrrole nitrogens is 2. The molecule has 0 spiro atoms. The topological polar surface area (TPSA) is 206 Å². The summed E-state index contributed by atoms with van der Waals surface area (Å²) < 4.78 is 0. The SMILES string of the molecule is c1cc(/C(=C(/c2ccc(C3=NNNN3)cc2)c2ccc(-c3nnn[nH]3)cc2)c2ccc(-c3nnn[nH]3)cc2)ccc1C1=NNNN1. The van der Waals surface area contributed by atoms with Gasteiger partial charge in [-0.1, -0.05) is 97.1 Å². The van der Waals surface area contributed by atoms with E-state index in [-0.39, 0.29) is 0 Å². The highest BCUT2D eigenvalue weighted by Gasteiger charge is 2.19. The zero-order valence-corrected chi connectivity index (χ0v) is 23.8. The maximum atomic E-state index is 4.25. The number of tetrazole rings is 2. The third-order valence-electron chi connectivity index (χ3n) is 7.54. The largest absolute Gasteiger partial charge is 0.285 e. The smallest absolute Gasteiger partial charge is 0.179 e. The first-order valence-electron chi connectivity index (χ1n) is 14.1. The van der Waals surface area contributed by atoms with E-state index < -0.39 is 0 Å². The molecule has 0 saturated heterocycles. The van der Waals surface area contributed by atoms with Crippen LogP contribution in [0, 0.1) is 0 Å². The molecule has 224 valence electrons. The average molecular weight is 609 g/mol. The fraction of sp³-hybridized carbons (Fsp3) is 0. The van der Waals surface area contributed by atoms with Crippen LogP contribution in [-0.4, -0.2) is 52.9 Å². The number of hydrogen-bond donors (Lipinski definition) is 8. The van der Waals surface area contributed by atoms with E-state index in [0.29, 0.717) is 23.3 Å². The van der Waals surface area contributed by atoms with Crippen LogP contribution in [0.25, 0.3) is 33.9 Å². The molecular formula is C30H24N16. The zero-order chi connectivity index (χ0) is 30.7. The van der Waals surface area contributed by atoms with Crippen molar-refractivity contribution in [3.8, 4) is 22.8 Å². The normalized spacial score (nSPS) is 14.3. The third kappa shape index (κ3) is 5.17. The maximum absolute atomic E-state index is 4.25. The van der Waals surface area contributed by atoms with Gasteiger partial charge in [0.25, 0.3) is 0 Å². The number of nitrogens with zero attached hydrogens (tertiary/aromatic N) is 8. The quantitative estimate of drug-likeness (QED) is 0.116. The Bertz CT molecular complexity index is 1890. The molecule has 4 heterocycles. The first kappa shape index (κ1) is 26.8. The lowest BCUT2D eigenvalue weighted by atomic mass is 9.84. The number of benzene rings is 4. The highest BCUT2D eigenvalue weighted by molar-refractivity contribution is 6.06. The summed E-state index contributed by atoms with van der Waals surface area (Å²) in [5.41, 5.74) is 26.7. The molecule has 0 saturated carbocycles. The Labute approximate surface area is 260 Å². The monoisotopic (exact) mass is 608 g/mol. The summed E-state index contributed by atoms with van der Waals surface area (Å²) in [6.45, 7) is 0. The molecule has 8 N–H and O–H groups in total. The van der Waals surface area contributed by atoms with Gasteiger partial charge in [-0.3, -0.25) is 10.9 Å². The van der Waals surface area contributed by atoms with Gasteiger partial charge in [-0.15, -0.1) is 31.5 Å². The van der Waals surface area contributed by atoms with Crippen LogP contribution in [0.5, 0.6) is 0 Å². The van der Waals surface area contributed by atoms with Gasteiger partial charge in [-0.2, -0.15) is 0 Å². The van der Waals surface area contributed by atoms with Crippen molar-refractivity contribution in [2.75, 3.05) is 0 Å². The number of aromatic amines is 2. The second kappa shape index (κ2) is 11.7. The highest BCUT2D eigenvalue weighted by atomic mass is 15.8. The Morgan fingerprint density at radius 1 is 0.413 bits per heavy atom. The molecular weight excluding hydrogens is 584 g/mol. The van der Waals surface area contributed by atoms with Crippen LogP contribution in [0.4, 0.5) is 0 Å². The van der Waals surface area contributed by atoms with E-state index in [1.807, 2.05) is 48.5 Å². The minimum absolute atomic E-state index is 0.592. The molecule has 46 heavy (non-hydrogen) atoms. The second-order valence-corrected chi connectivity index (χ2v) is 10.2. The van der Waals surface area contributed by atoms with Gasteiger partial charge in [0, 0.05) is 22.3 Å². The Morgan fingerprint density at radius 3 is 1.04 bits per heavy atom. The number of rotatable bonds is 8. The van der Waals surface area contributed by atoms with Crippen molar-refractivity contribution in [1.29, 1.82) is 0 Å². The van der Waals surface area contributed by atoms with Gasteiger partial charge in [-0.25, -0.2) is 21.3 Å². The summed E-state index contributed by atoms with van der Waals surface area (Å²) >= 11 is 0. The van der Waals surface area contributed by atoms with Gasteiger partial charge in [0.2, 0.25) is 0 Å². The van der Waals surface area contributed by atoms with Crippen molar-refractivity contribution in [2.45, 2.75) is 0 Å². The maximum Gasteiger partial charge on any atom is 0.179 e. The fourth-order valence-electron chi connectivity index (χ4n) is 5.32. The summed E-state index contributed by atoms with van der Waals surface area (Å²) in [6.07, 6.45) is 0. The van der Waals surface area contributed by atoms with Crippen molar-refractivity contribution < 1.29 is 0 Å². The molecule has 2 aliphatic heterocycles. The lowest BCUT2D eigenvalue weighted by Crippen LogP contribution is -2.35. The Morgan fingerprint density at radius 2 is 0.761 bits per heavy atom. The standard InChI is InChI=1S/C30H24N16/c1-9-21(27-31-39-40-32-27)10-2-17(1)25(18-3-11-22(12-4-18)28-33-41-42-34-28)26(19-5-13-23(14-6-19)29-35-43-44-36-29)20-7-15-24(16-8-20)30-37-45-46-38-30/h1-16,39-40,43-44H,(H,31,32)(H,35,36)(H,33,34,41,42)(H,37,38,45,46)/b26-25+. The number of hydrogen-bond acceptors (Lipinski definition) is 14. The minimum Gasteiger partial charge on any atom is -0.285 e. The first-order chi connectivity index (χ1) is 22.8. The highest BCUT2D eigenvalue weighted by Crippen LogP contribution is 2.38. The van der Waals surface area contributed by atoms with Crippen LogP contribution in [0.3, 0.4) is 0 Å². The molecule has 16 nitrogen and oxygen atoms in total. The van der Waals surface area contributed by atoms with Gasteiger partial charge in [0.15, 0.2) is 23.3 Å². The molecule has 0 atom stereocenters. The molecule has 4 aromatic carbocycles. The predicted octanol–water partition coefficient (Wildman–Crippen LogP) is 1.60. The van der Waals surface area contributed by atoms with Crippen molar-refractivity contribution in [1.82, 2.24) is 74.2 Å². The van der Waals surface area contributed by atoms with Crippen LogP contribution in [0.2, 0.25) is 0 Å². The lowest BCUT2D eigenvalue weighted by molar-refractivity contribution is 0.577. The van der Waals surface area contributed by atoms with Gasteiger partial charge < -0.3 is 0 Å². The molecule has 0 unspecified atom stereocenters. The van der Waals surface area contributed by atoms with Gasteiger partial charge in [-0.05, 0) is 54.3 Å². The molecule has 2 aliphatic rings. The molecule has 0 fully saturated rings. The Balaban J connectivity index is 1.32. The van der Waals surface area contributed by atoms with Crippen LogP contribution in [-0.2, 0) is 0 Å². The summed E-state index contributed by atoms with van der Waals surface area (Å²) in [5, 5.41) is 37.2. The summed E-state index contributed by atoms with van der Waals surface area (Å²) in [4.78, 5) is 0. The van der Waals surface area contributed by atoms with E-state index in [9.17, 15) is 0 Å². The second-order valence-electron chi connectivity index (χ2n) is 10.2. The molecule has 0 aliphatic carbocycles. The van der Waals surface area contributed by atoms with Crippen LogP contribution >= 0.6 is 0 Å². The van der Waals surface area contributed by atoms with Crippen LogP contribution < -0.4 is 33.0 Å². The number of nitrogens with one attached hydrogen (secondary N) is 8. The van der Waals surface area contributed by atoms with Gasteiger partial charge in [0.1, 0.15) is 0 Å². The molecule has 6 aromatic rings. The van der Waals surface area contributed by atoms with Gasteiger partial charge >= 0.3 is 0 Å². The van der Waals surface area contributed by atoms with E-state index in [1.54, 1.807) is 0 Å². The van der Waals surface area contributed by atoms with Crippen molar-refractivity contribution in [3.05, 3.63) is 130 Å². The molecule has 0 radical (unpaired) electrons. The van der Waals surface area contributed by atoms with E-state index >= 15 is 0 Å². The van der Waals surface area contributed by atoms with Crippen LogP contribution in [0.15, 0.2) is 107 Å². The summed E-state index contributed by atoms with van der Waals surface area (Å²) in [7, 11) is 0. The third-order valence-corrected chi connectivity index (χ3v) is 7.54. The average Bonchev–Trinajstić information content (AvgIpc) is 3.96. The van der Waals surface area contributed by atoms with E-state index in [1.165, 1.54) is 0 Å². The molecule has 0 amide bonds. The molecule has 0 bridgehead atoms.